The molecule has 5 nitrogen and oxygen atoms in total. The van der Waals surface area contributed by atoms with E-state index in [0.717, 1.165) is 36.8 Å². The molecule has 158 valence electrons. The fourth-order valence-electron chi connectivity index (χ4n) is 3.06. The minimum Gasteiger partial charge on any atom is -0.326 e. The molecule has 0 heterocycles. The number of hydrogen-bond donors (Lipinski definition) is 1. The molecule has 0 bridgehead atoms. The number of rotatable bonds is 10. The minimum absolute atomic E-state index is 0.137. The van der Waals surface area contributed by atoms with Gasteiger partial charge in [0.05, 0.1) is 11.9 Å². The normalized spacial score (nSPS) is 11.3. The van der Waals surface area contributed by atoms with Crippen LogP contribution >= 0.6 is 11.6 Å². The minimum atomic E-state index is -3.48. The average Bonchev–Trinajstić information content (AvgIpc) is 2.66. The van der Waals surface area contributed by atoms with E-state index in [1.54, 1.807) is 18.2 Å². The van der Waals surface area contributed by atoms with Crippen LogP contribution in [0, 0.1) is 6.92 Å². The Morgan fingerprint density at radius 1 is 1.10 bits per heavy atom. The zero-order valence-corrected chi connectivity index (χ0v) is 18.8. The lowest BCUT2D eigenvalue weighted by Gasteiger charge is -2.24. The topological polar surface area (TPSA) is 66.5 Å². The molecule has 0 aliphatic rings. The van der Waals surface area contributed by atoms with Gasteiger partial charge in [-0.15, -0.1) is 0 Å². The van der Waals surface area contributed by atoms with Crippen molar-refractivity contribution in [1.82, 2.24) is 0 Å². The van der Waals surface area contributed by atoms with Gasteiger partial charge in [0.25, 0.3) is 0 Å². The number of aryl methyl sites for hydroxylation is 2. The first-order chi connectivity index (χ1) is 13.7. The molecular formula is C22H29ClN2O3S. The molecule has 0 atom stereocenters. The van der Waals surface area contributed by atoms with Crippen molar-refractivity contribution in [2.24, 2.45) is 0 Å². The van der Waals surface area contributed by atoms with Crippen molar-refractivity contribution in [2.45, 2.75) is 46.0 Å². The number of amides is 1. The standard InChI is InChI=1S/C22H29ClN2O3S/c1-4-5-7-18-10-13-20(14-11-18)24-22(26)8-6-15-25(29(3,27)28)21-16-19(23)12-9-17(21)2/h9-14,16H,4-8,15H2,1-3H3,(H,24,26). The third kappa shape index (κ3) is 7.37. The maximum Gasteiger partial charge on any atom is 0.232 e. The van der Waals surface area contributed by atoms with Crippen molar-refractivity contribution in [3.63, 3.8) is 0 Å². The SMILES string of the molecule is CCCCc1ccc(NC(=O)CCCN(c2cc(Cl)ccc2C)S(C)(=O)=O)cc1. The average molecular weight is 437 g/mol. The Kier molecular flexibility index (Phi) is 8.53. The first-order valence-electron chi connectivity index (χ1n) is 9.83. The quantitative estimate of drug-likeness (QED) is 0.558. The fourth-order valence-corrected chi connectivity index (χ4v) is 4.24. The molecule has 2 rings (SSSR count). The molecule has 2 aromatic carbocycles. The van der Waals surface area contributed by atoms with Crippen LogP contribution in [0.4, 0.5) is 11.4 Å². The van der Waals surface area contributed by atoms with Gasteiger partial charge in [0, 0.05) is 23.7 Å². The van der Waals surface area contributed by atoms with E-state index in [4.69, 9.17) is 11.6 Å². The maximum absolute atomic E-state index is 12.3. The third-order valence-electron chi connectivity index (χ3n) is 4.66. The van der Waals surface area contributed by atoms with Gasteiger partial charge in [-0.3, -0.25) is 9.10 Å². The number of benzene rings is 2. The van der Waals surface area contributed by atoms with Gasteiger partial charge in [-0.05, 0) is 61.6 Å². The number of nitrogens with zero attached hydrogens (tertiary/aromatic N) is 1. The molecule has 0 spiro atoms. The third-order valence-corrected chi connectivity index (χ3v) is 6.08. The van der Waals surface area contributed by atoms with Crippen LogP contribution in [0.25, 0.3) is 0 Å². The summed E-state index contributed by atoms with van der Waals surface area (Å²) in [6.45, 7) is 4.21. The predicted octanol–water partition coefficient (Wildman–Crippen LogP) is 5.18. The molecule has 0 radical (unpaired) electrons. The number of hydrogen-bond acceptors (Lipinski definition) is 3. The van der Waals surface area contributed by atoms with Crippen molar-refractivity contribution >= 4 is 38.9 Å². The lowest BCUT2D eigenvalue weighted by Crippen LogP contribution is -2.32. The zero-order valence-electron chi connectivity index (χ0n) is 17.2. The summed E-state index contributed by atoms with van der Waals surface area (Å²) in [6, 6.07) is 13.0. The summed E-state index contributed by atoms with van der Waals surface area (Å²) < 4.78 is 25.8. The Hall–Kier alpha value is -2.05. The molecule has 0 aliphatic carbocycles. The molecule has 1 amide bonds. The molecule has 7 heteroatoms. The lowest BCUT2D eigenvalue weighted by molar-refractivity contribution is -0.116. The Labute approximate surface area is 179 Å². The number of carbonyl (C=O) groups is 1. The summed E-state index contributed by atoms with van der Waals surface area (Å²) >= 11 is 6.04. The Morgan fingerprint density at radius 3 is 2.41 bits per heavy atom. The van der Waals surface area contributed by atoms with Crippen molar-refractivity contribution in [2.75, 3.05) is 22.4 Å². The van der Waals surface area contributed by atoms with E-state index in [-0.39, 0.29) is 18.9 Å². The van der Waals surface area contributed by atoms with Crippen LogP contribution in [0.15, 0.2) is 42.5 Å². The number of sulfonamides is 1. The van der Waals surface area contributed by atoms with Crippen LogP contribution in [0.2, 0.25) is 5.02 Å². The van der Waals surface area contributed by atoms with Gasteiger partial charge in [-0.1, -0.05) is 43.1 Å². The highest BCUT2D eigenvalue weighted by atomic mass is 35.5. The van der Waals surface area contributed by atoms with Crippen LogP contribution in [0.1, 0.15) is 43.7 Å². The van der Waals surface area contributed by atoms with Gasteiger partial charge < -0.3 is 5.32 Å². The molecular weight excluding hydrogens is 408 g/mol. The zero-order chi connectivity index (χ0) is 21.4. The van der Waals surface area contributed by atoms with Crippen LogP contribution < -0.4 is 9.62 Å². The van der Waals surface area contributed by atoms with Crippen LogP contribution in [0.3, 0.4) is 0 Å². The van der Waals surface area contributed by atoms with Crippen molar-refractivity contribution in [3.05, 3.63) is 58.6 Å². The summed E-state index contributed by atoms with van der Waals surface area (Å²) in [5.74, 6) is -0.137. The second-order valence-electron chi connectivity index (χ2n) is 7.22. The second kappa shape index (κ2) is 10.6. The Balaban J connectivity index is 1.94. The number of nitrogens with one attached hydrogen (secondary N) is 1. The van der Waals surface area contributed by atoms with Crippen LogP contribution in [-0.4, -0.2) is 27.1 Å². The smallest absolute Gasteiger partial charge is 0.232 e. The molecule has 0 saturated heterocycles. The van der Waals surface area contributed by atoms with Crippen LogP contribution in [-0.2, 0) is 21.2 Å². The molecule has 0 fully saturated rings. The first-order valence-corrected chi connectivity index (χ1v) is 12.1. The Morgan fingerprint density at radius 2 is 1.79 bits per heavy atom. The van der Waals surface area contributed by atoms with E-state index in [2.05, 4.69) is 12.2 Å². The first kappa shape index (κ1) is 23.2. The predicted molar refractivity (Wildman–Crippen MR) is 121 cm³/mol. The van der Waals surface area contributed by atoms with Gasteiger partial charge >= 0.3 is 0 Å². The summed E-state index contributed by atoms with van der Waals surface area (Å²) in [5.41, 5.74) is 3.36. The number of carbonyl (C=O) groups excluding carboxylic acids is 1. The highest BCUT2D eigenvalue weighted by Gasteiger charge is 2.19. The summed E-state index contributed by atoms with van der Waals surface area (Å²) in [4.78, 5) is 12.3. The Bertz CT molecular complexity index is 928. The van der Waals surface area contributed by atoms with Gasteiger partial charge in [0.15, 0.2) is 0 Å². The van der Waals surface area contributed by atoms with Crippen molar-refractivity contribution in [3.8, 4) is 0 Å². The molecule has 0 unspecified atom stereocenters. The van der Waals surface area contributed by atoms with E-state index in [0.29, 0.717) is 17.1 Å². The number of anilines is 2. The molecule has 1 N–H and O–H groups in total. The highest BCUT2D eigenvalue weighted by Crippen LogP contribution is 2.26. The maximum atomic E-state index is 12.3. The van der Waals surface area contributed by atoms with Crippen molar-refractivity contribution in [1.29, 1.82) is 0 Å². The molecule has 2 aromatic rings. The van der Waals surface area contributed by atoms with E-state index >= 15 is 0 Å². The largest absolute Gasteiger partial charge is 0.326 e. The molecule has 0 aliphatic heterocycles. The van der Waals surface area contributed by atoms with E-state index < -0.39 is 10.0 Å². The summed E-state index contributed by atoms with van der Waals surface area (Å²) in [5, 5.41) is 3.34. The molecule has 0 saturated carbocycles. The highest BCUT2D eigenvalue weighted by molar-refractivity contribution is 7.92. The second-order valence-corrected chi connectivity index (χ2v) is 9.56. The lowest BCUT2D eigenvalue weighted by atomic mass is 10.1. The number of halogens is 1. The van der Waals surface area contributed by atoms with Gasteiger partial charge in [0.2, 0.25) is 15.9 Å². The summed E-state index contributed by atoms with van der Waals surface area (Å²) in [6.07, 6.45) is 5.12. The van der Waals surface area contributed by atoms with Gasteiger partial charge in [-0.2, -0.15) is 0 Å². The molecule has 0 aromatic heterocycles. The van der Waals surface area contributed by atoms with Gasteiger partial charge in [-0.25, -0.2) is 8.42 Å². The monoisotopic (exact) mass is 436 g/mol. The molecule has 29 heavy (non-hydrogen) atoms. The van der Waals surface area contributed by atoms with Crippen molar-refractivity contribution < 1.29 is 13.2 Å². The van der Waals surface area contributed by atoms with E-state index in [1.165, 1.54) is 9.87 Å². The number of unbranched alkanes of at least 4 members (excludes halogenated alkanes) is 1. The van der Waals surface area contributed by atoms with E-state index in [9.17, 15) is 13.2 Å². The van der Waals surface area contributed by atoms with Crippen LogP contribution in [0.5, 0.6) is 0 Å². The fraction of sp³-hybridized carbons (Fsp3) is 0.409. The summed E-state index contributed by atoms with van der Waals surface area (Å²) in [7, 11) is -3.48. The van der Waals surface area contributed by atoms with E-state index in [1.807, 2.05) is 31.2 Å². The van der Waals surface area contributed by atoms with Gasteiger partial charge in [0.1, 0.15) is 0 Å².